The maximum absolute atomic E-state index is 13.6. The van der Waals surface area contributed by atoms with Crippen LogP contribution in [0.2, 0.25) is 0 Å². The first-order chi connectivity index (χ1) is 19.3. The molecule has 3 aromatic rings. The molecule has 40 heavy (non-hydrogen) atoms. The zero-order valence-electron chi connectivity index (χ0n) is 21.1. The van der Waals surface area contributed by atoms with Crippen molar-refractivity contribution < 1.29 is 18.7 Å². The molecule has 9 nitrogen and oxygen atoms in total. The van der Waals surface area contributed by atoms with Crippen LogP contribution in [0.3, 0.4) is 0 Å². The number of carbonyl (C=O) groups is 1. The number of carbonyl (C=O) groups excluding carboxylic acids is 1. The molecule has 0 spiro atoms. The molecule has 11 heteroatoms. The summed E-state index contributed by atoms with van der Waals surface area (Å²) in [7, 11) is 0. The minimum atomic E-state index is -0.848. The molecular weight excluding hydrogens is 531 g/mol. The molecule has 4 rings (SSSR count). The van der Waals surface area contributed by atoms with Crippen molar-refractivity contribution in [2.75, 3.05) is 18.1 Å². The maximum atomic E-state index is 13.6. The van der Waals surface area contributed by atoms with E-state index in [0.717, 1.165) is 11.8 Å². The van der Waals surface area contributed by atoms with Crippen molar-refractivity contribution >= 4 is 23.5 Å². The van der Waals surface area contributed by atoms with Crippen molar-refractivity contribution in [2.45, 2.75) is 17.9 Å². The number of anilines is 1. The molecule has 198 valence electrons. The third kappa shape index (κ3) is 5.30. The van der Waals surface area contributed by atoms with E-state index < -0.39 is 17.7 Å². The third-order valence-corrected chi connectivity index (χ3v) is 6.99. The molecule has 0 amide bonds. The summed E-state index contributed by atoms with van der Waals surface area (Å²) >= 11 is 1.02. The van der Waals surface area contributed by atoms with Gasteiger partial charge in [-0.05, 0) is 30.2 Å². The van der Waals surface area contributed by atoms with Gasteiger partial charge in [0, 0.05) is 5.56 Å². The number of rotatable bonds is 7. The zero-order chi connectivity index (χ0) is 28.8. The third-order valence-electron chi connectivity index (χ3n) is 6.01. The van der Waals surface area contributed by atoms with Gasteiger partial charge in [-0.3, -0.25) is 0 Å². The van der Waals surface area contributed by atoms with E-state index in [0.29, 0.717) is 11.1 Å². The Morgan fingerprint density at radius 3 is 2.33 bits per heavy atom. The predicted octanol–water partition coefficient (Wildman–Crippen LogP) is 4.63. The summed E-state index contributed by atoms with van der Waals surface area (Å²) in [6.45, 7) is 1.74. The number of nitriles is 3. The van der Waals surface area contributed by atoms with Gasteiger partial charge in [0.25, 0.3) is 0 Å². The van der Waals surface area contributed by atoms with E-state index in [-0.39, 0.29) is 62.7 Å². The topological polar surface area (TPSA) is 172 Å². The van der Waals surface area contributed by atoms with Gasteiger partial charge in [-0.15, -0.1) is 0 Å². The molecule has 0 unspecified atom stereocenters. The number of allylic oxidation sites excluding steroid dienone is 1. The molecule has 0 aliphatic carbocycles. The summed E-state index contributed by atoms with van der Waals surface area (Å²) in [5.41, 5.74) is 13.6. The molecule has 4 N–H and O–H groups in total. The molecule has 2 heterocycles. The monoisotopic (exact) mass is 552 g/mol. The van der Waals surface area contributed by atoms with E-state index >= 15 is 0 Å². The second-order valence-electron chi connectivity index (χ2n) is 8.34. The summed E-state index contributed by atoms with van der Waals surface area (Å²) in [5.74, 6) is -2.25. The van der Waals surface area contributed by atoms with Gasteiger partial charge in [-0.2, -0.15) is 15.8 Å². The first kappa shape index (κ1) is 27.7. The molecule has 0 fully saturated rings. The Hall–Kier alpha value is -5.31. The fourth-order valence-corrected chi connectivity index (χ4v) is 5.22. The minimum Gasteiger partial charge on any atom is -0.463 e. The second kappa shape index (κ2) is 12.0. The molecule has 1 aliphatic heterocycles. The molecule has 0 saturated heterocycles. The van der Waals surface area contributed by atoms with Crippen LogP contribution in [0.1, 0.15) is 29.5 Å². The van der Waals surface area contributed by atoms with Crippen molar-refractivity contribution in [1.82, 2.24) is 4.98 Å². The van der Waals surface area contributed by atoms with Crippen molar-refractivity contribution in [2.24, 2.45) is 5.73 Å². The number of hydrogen-bond acceptors (Lipinski definition) is 10. The first-order valence-corrected chi connectivity index (χ1v) is 12.9. The summed E-state index contributed by atoms with van der Waals surface area (Å²) in [4.78, 5) is 17.5. The van der Waals surface area contributed by atoms with E-state index in [1.54, 1.807) is 37.3 Å². The highest BCUT2D eigenvalue weighted by atomic mass is 32.2. The fraction of sp³-hybridized carbons (Fsp3) is 0.138. The molecule has 2 aromatic carbocycles. The highest BCUT2D eigenvalue weighted by molar-refractivity contribution is 7.99. The number of benzene rings is 2. The number of nitrogens with zero attached hydrogens (tertiary/aromatic N) is 4. The lowest BCUT2D eigenvalue weighted by Gasteiger charge is -2.28. The normalized spacial score (nSPS) is 14.5. The summed E-state index contributed by atoms with van der Waals surface area (Å²) < 4.78 is 24.7. The predicted molar refractivity (Wildman–Crippen MR) is 145 cm³/mol. The van der Waals surface area contributed by atoms with Crippen LogP contribution in [0.5, 0.6) is 0 Å². The number of nitrogens with two attached hydrogens (primary N) is 2. The molecular formula is C29H21FN6O3S. The first-order valence-electron chi connectivity index (χ1n) is 11.9. The average molecular weight is 553 g/mol. The van der Waals surface area contributed by atoms with Crippen molar-refractivity contribution in [1.29, 1.82) is 15.8 Å². The Bertz CT molecular complexity index is 1670. The summed E-state index contributed by atoms with van der Waals surface area (Å²) in [6.07, 6.45) is 0. The number of hydrogen-bond donors (Lipinski definition) is 2. The molecule has 0 saturated carbocycles. The number of esters is 1. The Kier molecular flexibility index (Phi) is 8.34. The van der Waals surface area contributed by atoms with E-state index in [1.165, 1.54) is 24.3 Å². The Labute approximate surface area is 233 Å². The quantitative estimate of drug-likeness (QED) is 0.311. The van der Waals surface area contributed by atoms with Gasteiger partial charge in [0.05, 0.1) is 29.4 Å². The van der Waals surface area contributed by atoms with Gasteiger partial charge >= 0.3 is 5.97 Å². The minimum absolute atomic E-state index is 0.0252. The van der Waals surface area contributed by atoms with Gasteiger partial charge in [0.15, 0.2) is 0 Å². The number of nitrogen functional groups attached to an aromatic ring is 1. The highest BCUT2D eigenvalue weighted by Crippen LogP contribution is 2.42. The molecule has 0 bridgehead atoms. The van der Waals surface area contributed by atoms with Gasteiger partial charge in [-0.25, -0.2) is 14.2 Å². The fourth-order valence-electron chi connectivity index (χ4n) is 4.28. The highest BCUT2D eigenvalue weighted by Gasteiger charge is 2.37. The van der Waals surface area contributed by atoms with Gasteiger partial charge in [0.1, 0.15) is 51.8 Å². The van der Waals surface area contributed by atoms with E-state index in [4.69, 9.17) is 20.9 Å². The van der Waals surface area contributed by atoms with Crippen LogP contribution in [0.4, 0.5) is 10.2 Å². The lowest BCUT2D eigenvalue weighted by atomic mass is 9.83. The summed E-state index contributed by atoms with van der Waals surface area (Å²) in [6, 6.07) is 20.2. The standard InChI is InChI=1S/C29H21FN6O3S/c1-2-38-29(37)25-22(39-27(35)20(13-32)24(25)16-6-4-3-5-7-16)15-40-28-21(14-33)23(19(12-31)26(34)36-28)17-8-10-18(30)11-9-17/h3-11,24H,2,15,35H2,1H3,(H2,34,36)/t24-/m0/s1. The van der Waals surface area contributed by atoms with Crippen LogP contribution in [-0.2, 0) is 14.3 Å². The number of ether oxygens (including phenoxy) is 2. The Morgan fingerprint density at radius 2 is 1.73 bits per heavy atom. The van der Waals surface area contributed by atoms with Gasteiger partial charge in [0.2, 0.25) is 5.88 Å². The van der Waals surface area contributed by atoms with E-state index in [9.17, 15) is 25.0 Å². The van der Waals surface area contributed by atoms with Crippen LogP contribution in [0, 0.1) is 39.8 Å². The van der Waals surface area contributed by atoms with Gasteiger partial charge < -0.3 is 20.9 Å². The van der Waals surface area contributed by atoms with Crippen LogP contribution >= 0.6 is 11.8 Å². The SMILES string of the molecule is CCOC(=O)C1=C(CSc2nc(N)c(C#N)c(-c3ccc(F)cc3)c2C#N)OC(N)=C(C#N)[C@@H]1c1ccccc1. The number of thioether (sulfide) groups is 1. The molecule has 1 atom stereocenters. The smallest absolute Gasteiger partial charge is 0.338 e. The average Bonchev–Trinajstić information content (AvgIpc) is 2.96. The Balaban J connectivity index is 1.84. The van der Waals surface area contributed by atoms with Crippen LogP contribution in [0.25, 0.3) is 11.1 Å². The van der Waals surface area contributed by atoms with Crippen molar-refractivity contribution in [3.63, 3.8) is 0 Å². The number of aromatic nitrogens is 1. The van der Waals surface area contributed by atoms with Crippen LogP contribution in [0.15, 0.2) is 82.4 Å². The largest absolute Gasteiger partial charge is 0.463 e. The van der Waals surface area contributed by atoms with Crippen molar-refractivity contribution in [3.05, 3.63) is 99.9 Å². The number of halogens is 1. The maximum Gasteiger partial charge on any atom is 0.338 e. The van der Waals surface area contributed by atoms with Gasteiger partial charge in [-0.1, -0.05) is 54.2 Å². The Morgan fingerprint density at radius 1 is 1.05 bits per heavy atom. The lowest BCUT2D eigenvalue weighted by molar-refractivity contribution is -0.139. The molecule has 1 aliphatic rings. The number of pyridine rings is 1. The second-order valence-corrected chi connectivity index (χ2v) is 9.30. The zero-order valence-corrected chi connectivity index (χ0v) is 22.0. The van der Waals surface area contributed by atoms with Crippen molar-refractivity contribution in [3.8, 4) is 29.3 Å². The summed E-state index contributed by atoms with van der Waals surface area (Å²) in [5, 5.41) is 29.8. The van der Waals surface area contributed by atoms with Crippen LogP contribution in [-0.4, -0.2) is 23.3 Å². The molecule has 0 radical (unpaired) electrons. The van der Waals surface area contributed by atoms with E-state index in [2.05, 4.69) is 11.1 Å². The lowest BCUT2D eigenvalue weighted by Crippen LogP contribution is -2.27. The van der Waals surface area contributed by atoms with Crippen LogP contribution < -0.4 is 11.5 Å². The molecule has 1 aromatic heterocycles. The van der Waals surface area contributed by atoms with E-state index in [1.807, 2.05) is 12.1 Å².